The van der Waals surface area contributed by atoms with Gasteiger partial charge in [-0.2, -0.15) is 0 Å². The molecule has 0 aromatic carbocycles. The lowest BCUT2D eigenvalue weighted by Gasteiger charge is -2.09. The maximum atomic E-state index is 11.6. The highest BCUT2D eigenvalue weighted by Crippen LogP contribution is 2.10. The summed E-state index contributed by atoms with van der Waals surface area (Å²) < 4.78 is 9.60. The van der Waals surface area contributed by atoms with Crippen LogP contribution in [-0.2, 0) is 28.7 Å². The second-order valence-corrected chi connectivity index (χ2v) is 5.34. The molecule has 0 rings (SSSR count). The van der Waals surface area contributed by atoms with Crippen LogP contribution in [0.2, 0.25) is 0 Å². The zero-order valence-corrected chi connectivity index (χ0v) is 13.7. The number of carbonyl (C=O) groups is 4. The molecule has 0 atom stereocenters. The van der Waals surface area contributed by atoms with Crippen molar-refractivity contribution in [1.82, 2.24) is 0 Å². The van der Waals surface area contributed by atoms with Gasteiger partial charge in [0.25, 0.3) is 0 Å². The maximum Gasteiger partial charge on any atom is 0.374 e. The number of carbonyl (C=O) groups excluding carboxylic acids is 4. The van der Waals surface area contributed by atoms with E-state index in [0.717, 1.165) is 12.8 Å². The van der Waals surface area contributed by atoms with Gasteiger partial charge in [0.05, 0.1) is 13.2 Å². The average molecular weight is 314 g/mol. The number of ether oxygens (including phenoxy) is 2. The van der Waals surface area contributed by atoms with Gasteiger partial charge in [-0.3, -0.25) is 9.59 Å². The number of ketones is 2. The van der Waals surface area contributed by atoms with Crippen molar-refractivity contribution in [2.24, 2.45) is 5.92 Å². The number of hydrogen-bond acceptors (Lipinski definition) is 6. The Kier molecular flexibility index (Phi) is 11.0. The highest BCUT2D eigenvalue weighted by atomic mass is 16.5. The van der Waals surface area contributed by atoms with Gasteiger partial charge < -0.3 is 9.47 Å². The monoisotopic (exact) mass is 314 g/mol. The first kappa shape index (κ1) is 20.3. The molecule has 0 fully saturated rings. The van der Waals surface area contributed by atoms with E-state index in [0.29, 0.717) is 12.8 Å². The number of esters is 2. The molecule has 0 aliphatic heterocycles. The van der Waals surface area contributed by atoms with Crippen LogP contribution in [0.5, 0.6) is 0 Å². The molecule has 0 spiro atoms. The highest BCUT2D eigenvalue weighted by Gasteiger charge is 2.23. The quantitative estimate of drug-likeness (QED) is 0.312. The molecule has 6 heteroatoms. The van der Waals surface area contributed by atoms with Crippen LogP contribution in [0.25, 0.3) is 0 Å². The van der Waals surface area contributed by atoms with Crippen molar-refractivity contribution in [3.63, 3.8) is 0 Å². The van der Waals surface area contributed by atoms with E-state index in [-0.39, 0.29) is 26.1 Å². The molecule has 22 heavy (non-hydrogen) atoms. The van der Waals surface area contributed by atoms with Crippen LogP contribution in [0.1, 0.15) is 59.3 Å². The molecule has 126 valence electrons. The lowest BCUT2D eigenvalue weighted by molar-refractivity contribution is -0.155. The molecule has 0 amide bonds. The van der Waals surface area contributed by atoms with E-state index >= 15 is 0 Å². The molecule has 0 saturated carbocycles. The van der Waals surface area contributed by atoms with Crippen LogP contribution < -0.4 is 0 Å². The Morgan fingerprint density at radius 1 is 0.773 bits per heavy atom. The van der Waals surface area contributed by atoms with Gasteiger partial charge in [-0.1, -0.05) is 33.6 Å². The van der Waals surface area contributed by atoms with Crippen molar-refractivity contribution in [3.05, 3.63) is 0 Å². The molecule has 0 N–H and O–H groups in total. The molecular formula is C16H26O6. The molecule has 0 bridgehead atoms. The van der Waals surface area contributed by atoms with Gasteiger partial charge in [-0.25, -0.2) is 9.59 Å². The molecule has 0 aromatic heterocycles. The molecular weight excluding hydrogens is 288 g/mol. The zero-order valence-electron chi connectivity index (χ0n) is 13.7. The maximum absolute atomic E-state index is 11.6. The second-order valence-electron chi connectivity index (χ2n) is 5.34. The third-order valence-electron chi connectivity index (χ3n) is 2.99. The molecule has 6 nitrogen and oxygen atoms in total. The SMILES string of the molecule is CCCCOC(=O)C(=O)CC(C)CC(=O)C(=O)OCCCC. The summed E-state index contributed by atoms with van der Waals surface area (Å²) in [7, 11) is 0. The standard InChI is InChI=1S/C16H26O6/c1-4-6-8-21-15(19)13(17)10-12(3)11-14(18)16(20)22-9-7-5-2/h12H,4-11H2,1-3H3. The molecule has 0 saturated heterocycles. The minimum absolute atomic E-state index is 0.112. The van der Waals surface area contributed by atoms with Crippen LogP contribution in [0.3, 0.4) is 0 Å². The van der Waals surface area contributed by atoms with Crippen LogP contribution in [0, 0.1) is 5.92 Å². The van der Waals surface area contributed by atoms with Gasteiger partial charge in [0.2, 0.25) is 11.6 Å². The summed E-state index contributed by atoms with van der Waals surface area (Å²) in [6.45, 7) is 5.97. The van der Waals surface area contributed by atoms with Crippen molar-refractivity contribution in [1.29, 1.82) is 0 Å². The van der Waals surface area contributed by atoms with Gasteiger partial charge in [0.15, 0.2) is 0 Å². The average Bonchev–Trinajstić information content (AvgIpc) is 2.47. The van der Waals surface area contributed by atoms with Crippen molar-refractivity contribution in [3.8, 4) is 0 Å². The Labute approximate surface area is 131 Å². The first-order chi connectivity index (χ1) is 10.4. The van der Waals surface area contributed by atoms with E-state index in [4.69, 9.17) is 9.47 Å². The van der Waals surface area contributed by atoms with Crippen LogP contribution >= 0.6 is 0 Å². The Bertz CT molecular complexity index is 352. The summed E-state index contributed by atoms with van der Waals surface area (Å²) in [6, 6.07) is 0. The third-order valence-corrected chi connectivity index (χ3v) is 2.99. The summed E-state index contributed by atoms with van der Waals surface area (Å²) in [6.07, 6.45) is 2.92. The normalized spacial score (nSPS) is 10.4. The number of unbranched alkanes of at least 4 members (excludes halogenated alkanes) is 2. The second kappa shape index (κ2) is 11.9. The van der Waals surface area contributed by atoms with Crippen LogP contribution in [0.15, 0.2) is 0 Å². The Morgan fingerprint density at radius 2 is 1.14 bits per heavy atom. The largest absolute Gasteiger partial charge is 0.460 e. The van der Waals surface area contributed by atoms with Crippen molar-refractivity contribution in [2.75, 3.05) is 13.2 Å². The van der Waals surface area contributed by atoms with Crippen molar-refractivity contribution in [2.45, 2.75) is 59.3 Å². The summed E-state index contributed by atoms with van der Waals surface area (Å²) in [4.78, 5) is 46.0. The molecule has 0 aliphatic carbocycles. The van der Waals surface area contributed by atoms with E-state index in [1.54, 1.807) is 6.92 Å². The zero-order chi connectivity index (χ0) is 17.0. The Morgan fingerprint density at radius 3 is 1.45 bits per heavy atom. The molecule has 0 heterocycles. The summed E-state index contributed by atoms with van der Waals surface area (Å²) in [5.41, 5.74) is 0. The number of hydrogen-bond donors (Lipinski definition) is 0. The van der Waals surface area contributed by atoms with Crippen LogP contribution in [-0.4, -0.2) is 36.7 Å². The lowest BCUT2D eigenvalue weighted by Crippen LogP contribution is -2.24. The van der Waals surface area contributed by atoms with Crippen molar-refractivity contribution >= 4 is 23.5 Å². The predicted octanol–water partition coefficient (Wildman–Crippen LogP) is 2.23. The summed E-state index contributed by atoms with van der Waals surface area (Å²) in [5.74, 6) is -3.50. The molecule has 0 aliphatic rings. The third kappa shape index (κ3) is 9.26. The van der Waals surface area contributed by atoms with E-state index < -0.39 is 29.4 Å². The fourth-order valence-corrected chi connectivity index (χ4v) is 1.65. The van der Waals surface area contributed by atoms with Gasteiger partial charge in [0, 0.05) is 12.8 Å². The topological polar surface area (TPSA) is 86.7 Å². The van der Waals surface area contributed by atoms with E-state index in [2.05, 4.69) is 0 Å². The fourth-order valence-electron chi connectivity index (χ4n) is 1.65. The minimum atomic E-state index is -0.877. The Balaban J connectivity index is 4.07. The van der Waals surface area contributed by atoms with Crippen molar-refractivity contribution < 1.29 is 28.7 Å². The fraction of sp³-hybridized carbons (Fsp3) is 0.750. The van der Waals surface area contributed by atoms with E-state index in [1.807, 2.05) is 13.8 Å². The molecule has 0 aromatic rings. The van der Waals surface area contributed by atoms with Gasteiger partial charge in [0.1, 0.15) is 0 Å². The van der Waals surface area contributed by atoms with E-state index in [9.17, 15) is 19.2 Å². The predicted molar refractivity (Wildman–Crippen MR) is 80.1 cm³/mol. The Hall–Kier alpha value is -1.72. The van der Waals surface area contributed by atoms with Gasteiger partial charge in [-0.15, -0.1) is 0 Å². The van der Waals surface area contributed by atoms with Gasteiger partial charge in [-0.05, 0) is 18.8 Å². The molecule has 0 unspecified atom stereocenters. The van der Waals surface area contributed by atoms with Gasteiger partial charge >= 0.3 is 11.9 Å². The van der Waals surface area contributed by atoms with E-state index in [1.165, 1.54) is 0 Å². The first-order valence-corrected chi connectivity index (χ1v) is 7.82. The summed E-state index contributed by atoms with van der Waals surface area (Å²) in [5, 5.41) is 0. The molecule has 0 radical (unpaired) electrons. The minimum Gasteiger partial charge on any atom is -0.460 e. The highest BCUT2D eigenvalue weighted by molar-refractivity contribution is 6.35. The number of Topliss-reactive ketones (excluding diaryl/α,β-unsaturated/α-hetero) is 2. The lowest BCUT2D eigenvalue weighted by atomic mass is 9.98. The number of rotatable bonds is 12. The smallest absolute Gasteiger partial charge is 0.374 e. The van der Waals surface area contributed by atoms with Crippen LogP contribution in [0.4, 0.5) is 0 Å². The summed E-state index contributed by atoms with van der Waals surface area (Å²) >= 11 is 0. The first-order valence-electron chi connectivity index (χ1n) is 7.82.